The topological polar surface area (TPSA) is 37.3 Å². The van der Waals surface area contributed by atoms with Crippen LogP contribution in [0.1, 0.15) is 26.2 Å². The number of carbonyl (C=O) groups is 1. The van der Waals surface area contributed by atoms with Crippen molar-refractivity contribution in [3.05, 3.63) is 11.6 Å². The van der Waals surface area contributed by atoms with Gasteiger partial charge in [0.25, 0.3) is 0 Å². The molecule has 5 heteroatoms. The van der Waals surface area contributed by atoms with Crippen molar-refractivity contribution in [1.82, 2.24) is 0 Å². The fourth-order valence-electron chi connectivity index (χ4n) is 1.54. The van der Waals surface area contributed by atoms with Crippen molar-refractivity contribution in [2.75, 3.05) is 0 Å². The molecule has 0 unspecified atom stereocenters. The highest BCUT2D eigenvalue weighted by atomic mass is 19.4. The van der Waals surface area contributed by atoms with Crippen LogP contribution in [0.2, 0.25) is 0 Å². The van der Waals surface area contributed by atoms with Crippen LogP contribution in [0.25, 0.3) is 0 Å². The van der Waals surface area contributed by atoms with Crippen molar-refractivity contribution in [2.45, 2.75) is 32.4 Å². The number of carboxylic acids is 1. The molecule has 0 heterocycles. The molecule has 0 saturated heterocycles. The zero-order chi connectivity index (χ0) is 11.0. The molecule has 0 fully saturated rings. The lowest BCUT2D eigenvalue weighted by Gasteiger charge is -2.33. The first-order chi connectivity index (χ1) is 6.29. The SMILES string of the molecule is CC1=CC[C@](C(=O)O)(C(F)(F)F)CC1. The van der Waals surface area contributed by atoms with Gasteiger partial charge in [0.05, 0.1) is 0 Å². The summed E-state index contributed by atoms with van der Waals surface area (Å²) in [4.78, 5) is 10.7. The van der Waals surface area contributed by atoms with Crippen LogP contribution in [0.4, 0.5) is 13.2 Å². The maximum Gasteiger partial charge on any atom is 0.405 e. The maximum absolute atomic E-state index is 12.6. The predicted molar refractivity (Wildman–Crippen MR) is 43.7 cm³/mol. The van der Waals surface area contributed by atoms with E-state index in [1.165, 1.54) is 6.08 Å². The lowest BCUT2D eigenvalue weighted by molar-refractivity contribution is -0.233. The van der Waals surface area contributed by atoms with Crippen LogP contribution < -0.4 is 0 Å². The highest BCUT2D eigenvalue weighted by Gasteiger charge is 2.60. The van der Waals surface area contributed by atoms with Gasteiger partial charge in [0.15, 0.2) is 5.41 Å². The molecule has 0 aromatic carbocycles. The van der Waals surface area contributed by atoms with E-state index in [1.54, 1.807) is 6.92 Å². The Kier molecular flexibility index (Phi) is 2.61. The predicted octanol–water partition coefficient (Wildman–Crippen LogP) is 2.75. The van der Waals surface area contributed by atoms with Crippen molar-refractivity contribution >= 4 is 5.97 Å². The summed E-state index contributed by atoms with van der Waals surface area (Å²) in [6, 6.07) is 0. The third kappa shape index (κ3) is 1.63. The molecule has 1 aliphatic rings. The van der Waals surface area contributed by atoms with Gasteiger partial charge in [-0.25, -0.2) is 0 Å². The van der Waals surface area contributed by atoms with Gasteiger partial charge in [0.1, 0.15) is 0 Å². The Morgan fingerprint density at radius 1 is 1.57 bits per heavy atom. The van der Waals surface area contributed by atoms with Crippen LogP contribution in [-0.2, 0) is 4.79 Å². The average molecular weight is 208 g/mol. The highest BCUT2D eigenvalue weighted by molar-refractivity contribution is 5.76. The minimum Gasteiger partial charge on any atom is -0.481 e. The molecule has 0 bridgehead atoms. The molecule has 1 rings (SSSR count). The van der Waals surface area contributed by atoms with Crippen LogP contribution in [0.3, 0.4) is 0 Å². The van der Waals surface area contributed by atoms with Crippen molar-refractivity contribution in [3.63, 3.8) is 0 Å². The largest absolute Gasteiger partial charge is 0.481 e. The molecule has 14 heavy (non-hydrogen) atoms. The fraction of sp³-hybridized carbons (Fsp3) is 0.667. The summed E-state index contributed by atoms with van der Waals surface area (Å²) < 4.78 is 37.7. The Balaban J connectivity index is 3.03. The molecule has 1 N–H and O–H groups in total. The van der Waals surface area contributed by atoms with E-state index in [1.807, 2.05) is 0 Å². The van der Waals surface area contributed by atoms with E-state index < -0.39 is 24.0 Å². The van der Waals surface area contributed by atoms with E-state index >= 15 is 0 Å². The summed E-state index contributed by atoms with van der Waals surface area (Å²) in [6.45, 7) is 1.71. The zero-order valence-electron chi connectivity index (χ0n) is 7.69. The molecule has 2 nitrogen and oxygen atoms in total. The zero-order valence-corrected chi connectivity index (χ0v) is 7.69. The molecule has 0 aromatic heterocycles. The van der Waals surface area contributed by atoms with Gasteiger partial charge in [0, 0.05) is 0 Å². The summed E-state index contributed by atoms with van der Waals surface area (Å²) in [5, 5.41) is 8.66. The third-order valence-electron chi connectivity index (χ3n) is 2.70. The quantitative estimate of drug-likeness (QED) is 0.673. The summed E-state index contributed by atoms with van der Waals surface area (Å²) in [5.74, 6) is -1.77. The fourth-order valence-corrected chi connectivity index (χ4v) is 1.54. The highest BCUT2D eigenvalue weighted by Crippen LogP contribution is 2.48. The lowest BCUT2D eigenvalue weighted by Crippen LogP contribution is -2.45. The molecule has 0 aliphatic heterocycles. The van der Waals surface area contributed by atoms with Crippen molar-refractivity contribution in [3.8, 4) is 0 Å². The first kappa shape index (κ1) is 11.1. The smallest absolute Gasteiger partial charge is 0.405 e. The molecule has 1 aliphatic carbocycles. The van der Waals surface area contributed by atoms with Crippen molar-refractivity contribution in [2.24, 2.45) is 5.41 Å². The van der Waals surface area contributed by atoms with Gasteiger partial charge in [-0.05, 0) is 26.2 Å². The van der Waals surface area contributed by atoms with E-state index in [0.717, 1.165) is 5.57 Å². The van der Waals surface area contributed by atoms with E-state index in [0.29, 0.717) is 0 Å². The van der Waals surface area contributed by atoms with Crippen LogP contribution in [-0.4, -0.2) is 17.3 Å². The van der Waals surface area contributed by atoms with E-state index in [4.69, 9.17) is 5.11 Å². The second-order valence-electron chi connectivity index (χ2n) is 3.64. The van der Waals surface area contributed by atoms with Gasteiger partial charge < -0.3 is 5.11 Å². The van der Waals surface area contributed by atoms with Gasteiger partial charge in [-0.2, -0.15) is 13.2 Å². The maximum atomic E-state index is 12.6. The molecular formula is C9H11F3O2. The number of hydrogen-bond acceptors (Lipinski definition) is 1. The van der Waals surface area contributed by atoms with Crippen molar-refractivity contribution < 1.29 is 23.1 Å². The number of aliphatic carboxylic acids is 1. The Morgan fingerprint density at radius 3 is 2.43 bits per heavy atom. The molecule has 80 valence electrons. The molecule has 0 radical (unpaired) electrons. The first-order valence-corrected chi connectivity index (χ1v) is 4.25. The minimum absolute atomic E-state index is 0.200. The number of allylic oxidation sites excluding steroid dienone is 2. The number of rotatable bonds is 1. The minimum atomic E-state index is -4.67. The molecule has 0 saturated carbocycles. The summed E-state index contributed by atoms with van der Waals surface area (Å²) in [6.07, 6.45) is -3.90. The molecule has 0 aromatic rings. The van der Waals surface area contributed by atoms with E-state index in [9.17, 15) is 18.0 Å². The second kappa shape index (κ2) is 3.29. The number of hydrogen-bond donors (Lipinski definition) is 1. The molecular weight excluding hydrogens is 197 g/mol. The van der Waals surface area contributed by atoms with Crippen LogP contribution in [0.15, 0.2) is 11.6 Å². The Hall–Kier alpha value is -1.00. The Labute approximate surface area is 79.4 Å². The Bertz CT molecular complexity index is 280. The first-order valence-electron chi connectivity index (χ1n) is 4.25. The average Bonchev–Trinajstić information content (AvgIpc) is 2.02. The monoisotopic (exact) mass is 208 g/mol. The van der Waals surface area contributed by atoms with Gasteiger partial charge >= 0.3 is 12.1 Å². The van der Waals surface area contributed by atoms with Gasteiger partial charge in [-0.15, -0.1) is 0 Å². The van der Waals surface area contributed by atoms with Crippen LogP contribution >= 0.6 is 0 Å². The third-order valence-corrected chi connectivity index (χ3v) is 2.70. The van der Waals surface area contributed by atoms with Crippen LogP contribution in [0.5, 0.6) is 0 Å². The van der Waals surface area contributed by atoms with Gasteiger partial charge in [0.2, 0.25) is 0 Å². The number of halogens is 3. The van der Waals surface area contributed by atoms with E-state index in [-0.39, 0.29) is 12.8 Å². The lowest BCUT2D eigenvalue weighted by atomic mass is 9.74. The standard InChI is InChI=1S/C9H11F3O2/c1-6-2-4-8(5-3-6,7(13)14)9(10,11)12/h2H,3-5H2,1H3,(H,13,14)/t8-/m0/s1. The normalized spacial score (nSPS) is 28.4. The summed E-state index contributed by atoms with van der Waals surface area (Å²) in [7, 11) is 0. The van der Waals surface area contributed by atoms with Gasteiger partial charge in [-0.3, -0.25) is 4.79 Å². The molecule has 1 atom stereocenters. The second-order valence-corrected chi connectivity index (χ2v) is 3.64. The van der Waals surface area contributed by atoms with Gasteiger partial charge in [-0.1, -0.05) is 11.6 Å². The van der Waals surface area contributed by atoms with Crippen LogP contribution in [0, 0.1) is 5.41 Å². The molecule has 0 spiro atoms. The van der Waals surface area contributed by atoms with Crippen molar-refractivity contribution in [1.29, 1.82) is 0 Å². The molecule has 0 amide bonds. The number of carboxylic acid groups (broad SMARTS) is 1. The summed E-state index contributed by atoms with van der Waals surface area (Å²) in [5.41, 5.74) is -1.74. The summed E-state index contributed by atoms with van der Waals surface area (Å²) >= 11 is 0. The Morgan fingerprint density at radius 2 is 2.14 bits per heavy atom. The number of alkyl halides is 3. The van der Waals surface area contributed by atoms with E-state index in [2.05, 4.69) is 0 Å².